The molecule has 2 heterocycles. The monoisotopic (exact) mass is 578 g/mol. The highest BCUT2D eigenvalue weighted by molar-refractivity contribution is 6.22. The number of hydrogen-bond donors (Lipinski definition) is 0. The molecule has 8 aromatic rings. The molecule has 0 fully saturated rings. The molecule has 214 valence electrons. The van der Waals surface area contributed by atoms with Gasteiger partial charge in [-0.05, 0) is 69.8 Å². The van der Waals surface area contributed by atoms with Gasteiger partial charge in [0.1, 0.15) is 11.2 Å². The summed E-state index contributed by atoms with van der Waals surface area (Å²) in [6.07, 6.45) is 3.86. The Kier molecular flexibility index (Phi) is 5.54. The minimum Gasteiger partial charge on any atom is -0.456 e. The number of benzene rings is 6. The zero-order valence-corrected chi connectivity index (χ0v) is 25.2. The van der Waals surface area contributed by atoms with Crippen LogP contribution in [0.4, 0.5) is 17.1 Å². The fourth-order valence-electron chi connectivity index (χ4n) is 7.36. The van der Waals surface area contributed by atoms with Gasteiger partial charge in [0.05, 0.1) is 5.69 Å². The summed E-state index contributed by atoms with van der Waals surface area (Å²) in [6, 6.07) is 47.8. The summed E-state index contributed by atoms with van der Waals surface area (Å²) in [4.78, 5) is 6.94. The molecule has 0 saturated heterocycles. The van der Waals surface area contributed by atoms with E-state index in [1.807, 2.05) is 24.5 Å². The first-order valence-electron chi connectivity index (χ1n) is 15.5. The van der Waals surface area contributed by atoms with E-state index in [4.69, 9.17) is 4.42 Å². The van der Waals surface area contributed by atoms with Crippen molar-refractivity contribution in [3.63, 3.8) is 0 Å². The number of fused-ring (bicyclic) bond motifs is 8. The van der Waals surface area contributed by atoms with Crippen LogP contribution in [-0.4, -0.2) is 4.98 Å². The SMILES string of the molecule is CC1(C)c2ccccc2-c2cc(N(c3ccc(-c4ccccc4)cc3)c3cc4oc5ccccc5c4c4cnccc34)ccc21. The highest BCUT2D eigenvalue weighted by Gasteiger charge is 2.35. The first kappa shape index (κ1) is 25.8. The molecule has 1 aliphatic carbocycles. The molecule has 6 aromatic carbocycles. The van der Waals surface area contributed by atoms with Gasteiger partial charge in [-0.25, -0.2) is 0 Å². The molecule has 0 radical (unpaired) electrons. The summed E-state index contributed by atoms with van der Waals surface area (Å²) in [7, 11) is 0. The predicted molar refractivity (Wildman–Crippen MR) is 187 cm³/mol. The quantitative estimate of drug-likeness (QED) is 0.208. The fourth-order valence-corrected chi connectivity index (χ4v) is 7.36. The molecule has 0 atom stereocenters. The molecule has 0 N–H and O–H groups in total. The van der Waals surface area contributed by atoms with Crippen molar-refractivity contribution in [1.29, 1.82) is 0 Å². The number of aromatic nitrogens is 1. The van der Waals surface area contributed by atoms with Crippen LogP contribution in [0, 0.1) is 0 Å². The number of pyridine rings is 1. The van der Waals surface area contributed by atoms with Crippen LogP contribution in [0.1, 0.15) is 25.0 Å². The maximum atomic E-state index is 6.49. The Hall–Kier alpha value is -5.67. The lowest BCUT2D eigenvalue weighted by molar-refractivity contribution is 0.660. The van der Waals surface area contributed by atoms with E-state index in [-0.39, 0.29) is 5.41 Å². The molecular formula is C42H30N2O. The molecule has 0 bridgehead atoms. The van der Waals surface area contributed by atoms with Crippen LogP contribution in [0.15, 0.2) is 150 Å². The van der Waals surface area contributed by atoms with Crippen molar-refractivity contribution in [3.05, 3.63) is 157 Å². The highest BCUT2D eigenvalue weighted by atomic mass is 16.3. The van der Waals surface area contributed by atoms with Crippen molar-refractivity contribution < 1.29 is 4.42 Å². The van der Waals surface area contributed by atoms with Crippen molar-refractivity contribution in [2.45, 2.75) is 19.3 Å². The van der Waals surface area contributed by atoms with Gasteiger partial charge in [-0.3, -0.25) is 4.98 Å². The Balaban J connectivity index is 1.31. The summed E-state index contributed by atoms with van der Waals surface area (Å²) < 4.78 is 6.49. The third-order valence-corrected chi connectivity index (χ3v) is 9.56. The van der Waals surface area contributed by atoms with E-state index in [0.29, 0.717) is 0 Å². The second kappa shape index (κ2) is 9.67. The minimum absolute atomic E-state index is 0.0574. The molecule has 3 heteroatoms. The van der Waals surface area contributed by atoms with E-state index in [2.05, 4.69) is 145 Å². The second-order valence-corrected chi connectivity index (χ2v) is 12.4. The van der Waals surface area contributed by atoms with E-state index in [0.717, 1.165) is 49.8 Å². The van der Waals surface area contributed by atoms with Crippen molar-refractivity contribution in [2.75, 3.05) is 4.90 Å². The largest absolute Gasteiger partial charge is 0.456 e. The van der Waals surface area contributed by atoms with Crippen LogP contribution in [0.5, 0.6) is 0 Å². The first-order chi connectivity index (χ1) is 22.1. The highest BCUT2D eigenvalue weighted by Crippen LogP contribution is 2.51. The van der Waals surface area contributed by atoms with E-state index in [9.17, 15) is 0 Å². The van der Waals surface area contributed by atoms with Crippen LogP contribution >= 0.6 is 0 Å². The molecular weight excluding hydrogens is 548 g/mol. The number of rotatable bonds is 4. The van der Waals surface area contributed by atoms with Crippen LogP contribution in [-0.2, 0) is 5.41 Å². The van der Waals surface area contributed by atoms with Crippen LogP contribution in [0.3, 0.4) is 0 Å². The topological polar surface area (TPSA) is 29.3 Å². The van der Waals surface area contributed by atoms with Crippen molar-refractivity contribution >= 4 is 49.8 Å². The lowest BCUT2D eigenvalue weighted by atomic mass is 9.82. The van der Waals surface area contributed by atoms with Crippen LogP contribution < -0.4 is 4.90 Å². The molecule has 3 nitrogen and oxygen atoms in total. The molecule has 0 amide bonds. The van der Waals surface area contributed by atoms with Crippen molar-refractivity contribution in [3.8, 4) is 22.3 Å². The maximum absolute atomic E-state index is 6.49. The van der Waals surface area contributed by atoms with Gasteiger partial charge >= 0.3 is 0 Å². The Morgan fingerprint density at radius 1 is 0.556 bits per heavy atom. The molecule has 1 aliphatic rings. The van der Waals surface area contributed by atoms with Crippen molar-refractivity contribution in [1.82, 2.24) is 4.98 Å². The normalized spacial score (nSPS) is 13.3. The number of anilines is 3. The van der Waals surface area contributed by atoms with Gasteiger partial charge in [-0.2, -0.15) is 0 Å². The fraction of sp³-hybridized carbons (Fsp3) is 0.0714. The molecule has 45 heavy (non-hydrogen) atoms. The van der Waals surface area contributed by atoms with E-state index < -0.39 is 0 Å². The van der Waals surface area contributed by atoms with Crippen molar-refractivity contribution in [2.24, 2.45) is 0 Å². The lowest BCUT2D eigenvalue weighted by Gasteiger charge is -2.28. The van der Waals surface area contributed by atoms with E-state index >= 15 is 0 Å². The number of furan rings is 1. The summed E-state index contributed by atoms with van der Waals surface area (Å²) in [5.41, 5.74) is 12.6. The summed E-state index contributed by atoms with van der Waals surface area (Å²) in [5.74, 6) is 0. The predicted octanol–water partition coefficient (Wildman–Crippen LogP) is 11.6. The lowest BCUT2D eigenvalue weighted by Crippen LogP contribution is -2.15. The van der Waals surface area contributed by atoms with Crippen LogP contribution in [0.25, 0.3) is 55.0 Å². The van der Waals surface area contributed by atoms with Gasteiger partial charge in [0.25, 0.3) is 0 Å². The average Bonchev–Trinajstić information content (AvgIpc) is 3.58. The third-order valence-electron chi connectivity index (χ3n) is 9.56. The molecule has 2 aromatic heterocycles. The first-order valence-corrected chi connectivity index (χ1v) is 15.5. The average molecular weight is 579 g/mol. The molecule has 9 rings (SSSR count). The number of para-hydroxylation sites is 1. The number of hydrogen-bond acceptors (Lipinski definition) is 3. The standard InChI is InChI=1S/C42H30N2O/c1-42(2)36-14-8-6-12-31(36)34-24-30(20-21-37(34)42)44(29-18-16-28(17-19-29)27-10-4-3-5-11-27)38-25-40-41(35-26-43-23-22-32(35)38)33-13-7-9-15-39(33)45-40/h3-26H,1-2H3. The Bertz CT molecular complexity index is 2400. The van der Waals surface area contributed by atoms with Gasteiger partial charge in [-0.1, -0.05) is 105 Å². The molecule has 0 spiro atoms. The summed E-state index contributed by atoms with van der Waals surface area (Å²) in [6.45, 7) is 4.65. The Labute approximate surface area is 262 Å². The third kappa shape index (κ3) is 3.87. The van der Waals surface area contributed by atoms with Gasteiger partial charge < -0.3 is 9.32 Å². The van der Waals surface area contributed by atoms with Gasteiger partial charge in [0, 0.05) is 56.8 Å². The second-order valence-electron chi connectivity index (χ2n) is 12.4. The zero-order valence-electron chi connectivity index (χ0n) is 25.2. The molecule has 0 aliphatic heterocycles. The number of nitrogens with zero attached hydrogens (tertiary/aromatic N) is 2. The minimum atomic E-state index is -0.0574. The molecule has 0 unspecified atom stereocenters. The summed E-state index contributed by atoms with van der Waals surface area (Å²) >= 11 is 0. The molecule has 0 saturated carbocycles. The zero-order chi connectivity index (χ0) is 30.1. The van der Waals surface area contributed by atoms with E-state index in [1.165, 1.54) is 33.4 Å². The summed E-state index contributed by atoms with van der Waals surface area (Å²) in [5, 5.41) is 4.40. The Morgan fingerprint density at radius 3 is 2.13 bits per heavy atom. The smallest absolute Gasteiger partial charge is 0.138 e. The maximum Gasteiger partial charge on any atom is 0.138 e. The van der Waals surface area contributed by atoms with E-state index in [1.54, 1.807) is 0 Å². The van der Waals surface area contributed by atoms with Gasteiger partial charge in [0.2, 0.25) is 0 Å². The van der Waals surface area contributed by atoms with Gasteiger partial charge in [-0.15, -0.1) is 0 Å². The van der Waals surface area contributed by atoms with Gasteiger partial charge in [0.15, 0.2) is 0 Å². The van der Waals surface area contributed by atoms with Crippen LogP contribution in [0.2, 0.25) is 0 Å². The Morgan fingerprint density at radius 2 is 1.27 bits per heavy atom.